The van der Waals surface area contributed by atoms with Crippen molar-refractivity contribution in [2.45, 2.75) is 52.4 Å². The molecule has 0 spiro atoms. The number of benzene rings is 1. The minimum absolute atomic E-state index is 0.0159. The van der Waals surface area contributed by atoms with Gasteiger partial charge in [0.2, 0.25) is 0 Å². The maximum Gasteiger partial charge on any atom is 0.132 e. The molecule has 0 radical (unpaired) electrons. The molecule has 0 aliphatic rings. The second-order valence-electron chi connectivity index (χ2n) is 6.83. The van der Waals surface area contributed by atoms with Crippen LogP contribution in [0.15, 0.2) is 12.1 Å². The Labute approximate surface area is 127 Å². The monoisotopic (exact) mass is 314 g/mol. The van der Waals surface area contributed by atoms with Crippen LogP contribution in [0.2, 0.25) is 0 Å². The summed E-state index contributed by atoms with van der Waals surface area (Å²) in [6.07, 6.45) is 0. The fraction of sp³-hybridized carbons (Fsp3) is 0.600. The SMILES string of the molecule is COc1cc(C(C)(C)C)cc(C(C)(C)C)c1P(=S)=S. The molecule has 19 heavy (non-hydrogen) atoms. The normalized spacial score (nSPS) is 12.4. The third kappa shape index (κ3) is 3.87. The van der Waals surface area contributed by atoms with Crippen LogP contribution >= 0.6 is 5.47 Å². The summed E-state index contributed by atoms with van der Waals surface area (Å²) in [5.41, 5.74) is 1.58. The summed E-state index contributed by atoms with van der Waals surface area (Å²) in [5.74, 6) is 0.855. The van der Waals surface area contributed by atoms with Gasteiger partial charge in [-0.3, -0.25) is 0 Å². The Bertz CT molecular complexity index is 538. The Morgan fingerprint density at radius 1 is 0.947 bits per heavy atom. The molecule has 1 aromatic carbocycles. The van der Waals surface area contributed by atoms with Crippen LogP contribution in [0.3, 0.4) is 0 Å². The van der Waals surface area contributed by atoms with Gasteiger partial charge in [-0.05, 0) is 51.6 Å². The number of rotatable bonds is 2. The first-order chi connectivity index (χ1) is 8.48. The molecule has 106 valence electrons. The fourth-order valence-electron chi connectivity index (χ4n) is 1.96. The Morgan fingerprint density at radius 2 is 1.47 bits per heavy atom. The number of hydrogen-bond acceptors (Lipinski definition) is 3. The maximum atomic E-state index is 5.56. The third-order valence-electron chi connectivity index (χ3n) is 3.15. The zero-order valence-corrected chi connectivity index (χ0v) is 15.4. The molecule has 0 bridgehead atoms. The van der Waals surface area contributed by atoms with Crippen molar-refractivity contribution in [3.63, 3.8) is 0 Å². The van der Waals surface area contributed by atoms with Gasteiger partial charge in [0.15, 0.2) is 0 Å². The molecule has 0 aliphatic carbocycles. The third-order valence-corrected chi connectivity index (χ3v) is 5.07. The lowest BCUT2D eigenvalue weighted by molar-refractivity contribution is 0.414. The lowest BCUT2D eigenvalue weighted by Gasteiger charge is -2.28. The van der Waals surface area contributed by atoms with Crippen LogP contribution in [0.1, 0.15) is 52.7 Å². The molecule has 0 amide bonds. The molecule has 0 unspecified atom stereocenters. The van der Waals surface area contributed by atoms with Crippen LogP contribution in [0.4, 0.5) is 0 Å². The Kier molecular flexibility index (Phi) is 4.98. The van der Waals surface area contributed by atoms with E-state index in [4.69, 9.17) is 28.4 Å². The van der Waals surface area contributed by atoms with Crippen molar-refractivity contribution < 1.29 is 4.74 Å². The molecular formula is C15H23OPS2. The molecule has 1 rings (SSSR count). The summed E-state index contributed by atoms with van der Waals surface area (Å²) < 4.78 is 5.56. The van der Waals surface area contributed by atoms with E-state index in [9.17, 15) is 0 Å². The molecule has 1 aromatic rings. The zero-order chi connectivity index (χ0) is 15.0. The van der Waals surface area contributed by atoms with Gasteiger partial charge in [0.1, 0.15) is 5.75 Å². The molecule has 1 nitrogen and oxygen atoms in total. The molecule has 0 aromatic heterocycles. The summed E-state index contributed by atoms with van der Waals surface area (Å²) in [6.45, 7) is 13.2. The Morgan fingerprint density at radius 3 is 1.79 bits per heavy atom. The van der Waals surface area contributed by atoms with Gasteiger partial charge >= 0.3 is 0 Å². The molecule has 0 atom stereocenters. The van der Waals surface area contributed by atoms with Crippen LogP contribution in [0.5, 0.6) is 5.75 Å². The quantitative estimate of drug-likeness (QED) is 0.752. The summed E-state index contributed by atoms with van der Waals surface area (Å²) >= 11 is 10.8. The predicted molar refractivity (Wildman–Crippen MR) is 91.7 cm³/mol. The minimum atomic E-state index is -1.01. The van der Waals surface area contributed by atoms with Gasteiger partial charge in [-0.2, -0.15) is 0 Å². The van der Waals surface area contributed by atoms with Crippen molar-refractivity contribution in [3.05, 3.63) is 23.3 Å². The van der Waals surface area contributed by atoms with Crippen molar-refractivity contribution in [3.8, 4) is 5.75 Å². The van der Waals surface area contributed by atoms with Crippen LogP contribution in [-0.4, -0.2) is 7.11 Å². The van der Waals surface area contributed by atoms with E-state index >= 15 is 0 Å². The highest BCUT2D eigenvalue weighted by atomic mass is 32.7. The topological polar surface area (TPSA) is 9.23 Å². The van der Waals surface area contributed by atoms with Gasteiger partial charge < -0.3 is 4.74 Å². The minimum Gasteiger partial charge on any atom is -0.496 e. The molecule has 0 saturated heterocycles. The standard InChI is InChI=1S/C15H23OPS2/c1-14(2,3)10-8-11(15(4,5)6)13(17(18)19)12(9-10)16-7/h8-9H,1-7H3. The van der Waals surface area contributed by atoms with Gasteiger partial charge in [-0.1, -0.05) is 47.6 Å². The largest absolute Gasteiger partial charge is 0.496 e. The first-order valence-corrected chi connectivity index (χ1v) is 9.72. The van der Waals surface area contributed by atoms with E-state index in [1.165, 1.54) is 11.1 Å². The second-order valence-corrected chi connectivity index (χ2v) is 10.7. The smallest absolute Gasteiger partial charge is 0.132 e. The Hall–Kier alpha value is -0.240. The number of methoxy groups -OCH3 is 1. The number of hydrogen-bond donors (Lipinski definition) is 0. The predicted octanol–water partition coefficient (Wildman–Crippen LogP) is 4.32. The van der Waals surface area contributed by atoms with E-state index in [2.05, 4.69) is 53.7 Å². The van der Waals surface area contributed by atoms with E-state index in [0.29, 0.717) is 0 Å². The van der Waals surface area contributed by atoms with Crippen molar-refractivity contribution in [2.75, 3.05) is 7.11 Å². The Balaban J connectivity index is 3.75. The average molecular weight is 314 g/mol. The highest BCUT2D eigenvalue weighted by Crippen LogP contribution is 2.34. The lowest BCUT2D eigenvalue weighted by atomic mass is 9.80. The molecule has 0 saturated carbocycles. The molecule has 4 heteroatoms. The summed E-state index contributed by atoms with van der Waals surface area (Å²) in [5, 5.41) is 1.04. The molecule has 0 N–H and O–H groups in total. The fourth-order valence-corrected chi connectivity index (χ4v) is 4.02. The van der Waals surface area contributed by atoms with Gasteiger partial charge in [0, 0.05) is 5.47 Å². The van der Waals surface area contributed by atoms with Gasteiger partial charge in [0.25, 0.3) is 0 Å². The van der Waals surface area contributed by atoms with Crippen molar-refractivity contribution in [1.82, 2.24) is 0 Å². The van der Waals surface area contributed by atoms with Crippen molar-refractivity contribution >= 4 is 34.4 Å². The molecule has 0 fully saturated rings. The first-order valence-electron chi connectivity index (χ1n) is 6.36. The van der Waals surface area contributed by atoms with Crippen LogP contribution in [0.25, 0.3) is 0 Å². The van der Waals surface area contributed by atoms with E-state index in [-0.39, 0.29) is 10.8 Å². The van der Waals surface area contributed by atoms with E-state index in [1.54, 1.807) is 7.11 Å². The molecular weight excluding hydrogens is 291 g/mol. The summed E-state index contributed by atoms with van der Waals surface area (Å²) in [4.78, 5) is 0. The number of ether oxygens (including phenoxy) is 1. The van der Waals surface area contributed by atoms with Crippen molar-refractivity contribution in [1.29, 1.82) is 0 Å². The van der Waals surface area contributed by atoms with E-state index in [1.807, 2.05) is 0 Å². The van der Waals surface area contributed by atoms with E-state index < -0.39 is 5.47 Å². The highest BCUT2D eigenvalue weighted by molar-refractivity contribution is 8.28. The van der Waals surface area contributed by atoms with Crippen LogP contribution < -0.4 is 10.0 Å². The average Bonchev–Trinajstić information content (AvgIpc) is 2.24. The van der Waals surface area contributed by atoms with Gasteiger partial charge in [-0.15, -0.1) is 0 Å². The lowest BCUT2D eigenvalue weighted by Crippen LogP contribution is -2.24. The summed E-state index contributed by atoms with van der Waals surface area (Å²) in [6, 6.07) is 4.35. The maximum absolute atomic E-state index is 5.56. The summed E-state index contributed by atoms with van der Waals surface area (Å²) in [7, 11) is 1.70. The zero-order valence-electron chi connectivity index (χ0n) is 12.8. The highest BCUT2D eigenvalue weighted by Gasteiger charge is 2.25. The molecule has 0 heterocycles. The first kappa shape index (κ1) is 16.8. The van der Waals surface area contributed by atoms with Gasteiger partial charge in [-0.25, -0.2) is 0 Å². The van der Waals surface area contributed by atoms with Crippen LogP contribution in [-0.2, 0) is 34.4 Å². The second kappa shape index (κ2) is 5.63. The van der Waals surface area contributed by atoms with Crippen molar-refractivity contribution in [2.24, 2.45) is 0 Å². The van der Waals surface area contributed by atoms with Crippen LogP contribution in [0, 0.1) is 0 Å². The molecule has 0 aliphatic heterocycles. The van der Waals surface area contributed by atoms with Gasteiger partial charge in [0.05, 0.1) is 12.4 Å². The van der Waals surface area contributed by atoms with E-state index in [0.717, 1.165) is 11.1 Å².